The molecule has 0 aliphatic carbocycles. The zero-order valence-corrected chi connectivity index (χ0v) is 17.8. The first-order valence-electron chi connectivity index (χ1n) is 10.5. The van der Waals surface area contributed by atoms with Gasteiger partial charge >= 0.3 is 5.63 Å². The summed E-state index contributed by atoms with van der Waals surface area (Å²) in [5.41, 5.74) is 0.251. The molecule has 3 heterocycles. The van der Waals surface area contributed by atoms with Crippen LogP contribution in [0.4, 0.5) is 4.39 Å². The fourth-order valence-corrected chi connectivity index (χ4v) is 4.04. The molecule has 1 aliphatic heterocycles. The summed E-state index contributed by atoms with van der Waals surface area (Å²) in [5.74, 6) is 0.531. The third-order valence-electron chi connectivity index (χ3n) is 5.84. The maximum absolute atomic E-state index is 13.1. The molecule has 0 radical (unpaired) electrons. The summed E-state index contributed by atoms with van der Waals surface area (Å²) in [6, 6.07) is 12.6. The topological polar surface area (TPSA) is 98.7 Å². The van der Waals surface area contributed by atoms with Gasteiger partial charge in [-0.2, -0.15) is 0 Å². The summed E-state index contributed by atoms with van der Waals surface area (Å²) in [6.45, 7) is 0.876. The molecule has 168 valence electrons. The molecule has 1 amide bonds. The Morgan fingerprint density at radius 3 is 2.58 bits per heavy atom. The fraction of sp³-hybridized carbons (Fsp3) is 0.250. The zero-order chi connectivity index (χ0) is 22.9. The second-order valence-electron chi connectivity index (χ2n) is 7.84. The summed E-state index contributed by atoms with van der Waals surface area (Å²) in [6.07, 6.45) is 1.23. The van der Waals surface area contributed by atoms with Crippen LogP contribution in [0.2, 0.25) is 0 Å². The van der Waals surface area contributed by atoms with Crippen molar-refractivity contribution in [3.8, 4) is 17.2 Å². The highest BCUT2D eigenvalue weighted by Gasteiger charge is 2.29. The SMILES string of the molecule is COc1cccc2cc(C(=O)N3CCC(c4nnc(-c5ccc(F)cc5)o4)CC3)c(=O)oc12. The average molecular weight is 449 g/mol. The van der Waals surface area contributed by atoms with E-state index in [9.17, 15) is 14.0 Å². The molecule has 33 heavy (non-hydrogen) atoms. The van der Waals surface area contributed by atoms with E-state index >= 15 is 0 Å². The number of likely N-dealkylation sites (tertiary alicyclic amines) is 1. The van der Waals surface area contributed by atoms with E-state index in [1.807, 2.05) is 0 Å². The minimum Gasteiger partial charge on any atom is -0.493 e. The lowest BCUT2D eigenvalue weighted by atomic mass is 9.96. The van der Waals surface area contributed by atoms with Crippen molar-refractivity contribution in [1.29, 1.82) is 0 Å². The van der Waals surface area contributed by atoms with Gasteiger partial charge in [0, 0.05) is 30.0 Å². The number of amides is 1. The van der Waals surface area contributed by atoms with Crippen molar-refractivity contribution >= 4 is 16.9 Å². The van der Waals surface area contributed by atoms with Gasteiger partial charge in [0.1, 0.15) is 11.4 Å². The highest BCUT2D eigenvalue weighted by Crippen LogP contribution is 2.30. The molecule has 0 atom stereocenters. The number of hydrogen-bond donors (Lipinski definition) is 0. The molecule has 0 N–H and O–H groups in total. The van der Waals surface area contributed by atoms with Gasteiger partial charge in [-0.3, -0.25) is 4.79 Å². The van der Waals surface area contributed by atoms with Gasteiger partial charge < -0.3 is 18.5 Å². The predicted octanol–water partition coefficient (Wildman–Crippen LogP) is 4.01. The van der Waals surface area contributed by atoms with Gasteiger partial charge in [-0.1, -0.05) is 12.1 Å². The number of aromatic nitrogens is 2. The molecular formula is C24H20FN3O5. The van der Waals surface area contributed by atoms with Crippen LogP contribution in [0.1, 0.15) is 35.0 Å². The summed E-state index contributed by atoms with van der Waals surface area (Å²) >= 11 is 0. The van der Waals surface area contributed by atoms with Gasteiger partial charge in [0.2, 0.25) is 11.8 Å². The zero-order valence-electron chi connectivity index (χ0n) is 17.8. The Hall–Kier alpha value is -4.01. The molecule has 0 spiro atoms. The lowest BCUT2D eigenvalue weighted by Crippen LogP contribution is -2.39. The minimum atomic E-state index is -0.694. The number of rotatable bonds is 4. The van der Waals surface area contributed by atoms with Crippen molar-refractivity contribution in [2.24, 2.45) is 0 Å². The lowest BCUT2D eigenvalue weighted by Gasteiger charge is -2.30. The molecular weight excluding hydrogens is 429 g/mol. The third-order valence-corrected chi connectivity index (χ3v) is 5.84. The first kappa shape index (κ1) is 20.9. The van der Waals surface area contributed by atoms with Gasteiger partial charge in [-0.25, -0.2) is 9.18 Å². The number of ether oxygens (including phenoxy) is 1. The normalized spacial score (nSPS) is 14.5. The molecule has 0 saturated carbocycles. The van der Waals surface area contributed by atoms with E-state index in [0.717, 1.165) is 0 Å². The maximum atomic E-state index is 13.1. The van der Waals surface area contributed by atoms with Gasteiger partial charge in [0.15, 0.2) is 11.3 Å². The molecule has 5 rings (SSSR count). The van der Waals surface area contributed by atoms with Crippen molar-refractivity contribution in [3.63, 3.8) is 0 Å². The van der Waals surface area contributed by atoms with Crippen molar-refractivity contribution in [1.82, 2.24) is 15.1 Å². The van der Waals surface area contributed by atoms with Crippen LogP contribution < -0.4 is 10.4 Å². The quantitative estimate of drug-likeness (QED) is 0.434. The van der Waals surface area contributed by atoms with E-state index in [2.05, 4.69) is 10.2 Å². The highest BCUT2D eigenvalue weighted by atomic mass is 19.1. The molecule has 2 aromatic carbocycles. The number of carbonyl (C=O) groups is 1. The van der Waals surface area contributed by atoms with Crippen LogP contribution in [0.3, 0.4) is 0 Å². The van der Waals surface area contributed by atoms with E-state index in [4.69, 9.17) is 13.6 Å². The number of halogens is 1. The van der Waals surface area contributed by atoms with E-state index < -0.39 is 5.63 Å². The number of carbonyl (C=O) groups excluding carboxylic acids is 1. The fourth-order valence-electron chi connectivity index (χ4n) is 4.04. The number of piperidine rings is 1. The molecule has 1 saturated heterocycles. The standard InChI is InChI=1S/C24H20FN3O5/c1-31-19-4-2-3-16-13-18(24(30)32-20(16)19)23(29)28-11-9-15(10-12-28)22-27-26-21(33-22)14-5-7-17(25)8-6-14/h2-8,13,15H,9-12H2,1H3. The number of methoxy groups -OCH3 is 1. The summed E-state index contributed by atoms with van der Waals surface area (Å²) < 4.78 is 29.5. The Balaban J connectivity index is 1.29. The minimum absolute atomic E-state index is 0.00646. The lowest BCUT2D eigenvalue weighted by molar-refractivity contribution is 0.0702. The summed E-state index contributed by atoms with van der Waals surface area (Å²) in [5, 5.41) is 8.82. The van der Waals surface area contributed by atoms with Gasteiger partial charge in [0.05, 0.1) is 7.11 Å². The second-order valence-corrected chi connectivity index (χ2v) is 7.84. The van der Waals surface area contributed by atoms with Gasteiger partial charge in [0.25, 0.3) is 5.91 Å². The number of fused-ring (bicyclic) bond motifs is 1. The largest absolute Gasteiger partial charge is 0.493 e. The van der Waals surface area contributed by atoms with Crippen LogP contribution in [0.5, 0.6) is 5.75 Å². The Labute approximate surface area is 187 Å². The van der Waals surface area contributed by atoms with E-state index in [0.29, 0.717) is 60.0 Å². The molecule has 9 heteroatoms. The third kappa shape index (κ3) is 3.97. The van der Waals surface area contributed by atoms with Crippen LogP contribution in [-0.4, -0.2) is 41.2 Å². The monoisotopic (exact) mass is 449 g/mol. The smallest absolute Gasteiger partial charge is 0.349 e. The van der Waals surface area contributed by atoms with Crippen LogP contribution in [0.25, 0.3) is 22.4 Å². The van der Waals surface area contributed by atoms with Crippen molar-refractivity contribution in [2.75, 3.05) is 20.2 Å². The van der Waals surface area contributed by atoms with E-state index in [1.165, 1.54) is 19.2 Å². The van der Waals surface area contributed by atoms with Crippen LogP contribution in [0, 0.1) is 5.82 Å². The van der Waals surface area contributed by atoms with Gasteiger partial charge in [-0.05, 0) is 49.2 Å². The number of nitrogens with zero attached hydrogens (tertiary/aromatic N) is 3. The Morgan fingerprint density at radius 2 is 1.85 bits per heavy atom. The first-order chi connectivity index (χ1) is 16.0. The highest BCUT2D eigenvalue weighted by molar-refractivity contribution is 5.97. The van der Waals surface area contributed by atoms with Crippen molar-refractivity contribution < 1.29 is 22.8 Å². The van der Waals surface area contributed by atoms with E-state index in [1.54, 1.807) is 41.3 Å². The van der Waals surface area contributed by atoms with Crippen LogP contribution in [0.15, 0.2) is 62.2 Å². The molecule has 1 fully saturated rings. The summed E-state index contributed by atoms with van der Waals surface area (Å²) in [4.78, 5) is 27.2. The molecule has 0 unspecified atom stereocenters. The Bertz CT molecular complexity index is 1370. The maximum Gasteiger partial charge on any atom is 0.349 e. The van der Waals surface area contributed by atoms with Crippen LogP contribution >= 0.6 is 0 Å². The van der Waals surface area contributed by atoms with Gasteiger partial charge in [-0.15, -0.1) is 10.2 Å². The molecule has 0 bridgehead atoms. The second kappa shape index (κ2) is 8.50. The average Bonchev–Trinajstić information content (AvgIpc) is 3.34. The molecule has 8 nitrogen and oxygen atoms in total. The first-order valence-corrected chi connectivity index (χ1v) is 10.5. The molecule has 2 aromatic heterocycles. The number of hydrogen-bond acceptors (Lipinski definition) is 7. The Morgan fingerprint density at radius 1 is 1.09 bits per heavy atom. The molecule has 1 aliphatic rings. The Kier molecular flexibility index (Phi) is 5.37. The van der Waals surface area contributed by atoms with Crippen LogP contribution in [-0.2, 0) is 0 Å². The number of benzene rings is 2. The van der Waals surface area contributed by atoms with Crippen molar-refractivity contribution in [2.45, 2.75) is 18.8 Å². The van der Waals surface area contributed by atoms with E-state index in [-0.39, 0.29) is 23.2 Å². The number of para-hydroxylation sites is 1. The summed E-state index contributed by atoms with van der Waals surface area (Å²) in [7, 11) is 1.49. The van der Waals surface area contributed by atoms with Crippen molar-refractivity contribution in [3.05, 3.63) is 76.2 Å². The molecule has 4 aromatic rings. The predicted molar refractivity (Wildman–Crippen MR) is 117 cm³/mol.